The van der Waals surface area contributed by atoms with Crippen molar-refractivity contribution in [3.63, 3.8) is 0 Å². The van der Waals surface area contributed by atoms with Crippen LogP contribution in [0.5, 0.6) is 5.75 Å². The molecule has 0 spiro atoms. The van der Waals surface area contributed by atoms with Crippen LogP contribution in [0.25, 0.3) is 0 Å². The van der Waals surface area contributed by atoms with Crippen LogP contribution in [0.4, 0.5) is 0 Å². The molecule has 0 saturated carbocycles. The highest BCUT2D eigenvalue weighted by molar-refractivity contribution is 5.95. The molecule has 1 fully saturated rings. The second-order valence-corrected chi connectivity index (χ2v) is 5.50. The van der Waals surface area contributed by atoms with Crippen molar-refractivity contribution in [3.05, 3.63) is 29.8 Å². The number of rotatable bonds is 7. The molecule has 6 heteroatoms. The molecule has 0 amide bonds. The molecule has 1 aliphatic rings. The third-order valence-electron chi connectivity index (χ3n) is 4.09. The molecule has 0 N–H and O–H groups in total. The third-order valence-corrected chi connectivity index (χ3v) is 4.09. The van der Waals surface area contributed by atoms with E-state index in [2.05, 4.69) is 0 Å². The zero-order chi connectivity index (χ0) is 17.5. The van der Waals surface area contributed by atoms with E-state index in [1.165, 1.54) is 0 Å². The van der Waals surface area contributed by atoms with Gasteiger partial charge < -0.3 is 18.9 Å². The van der Waals surface area contributed by atoms with Gasteiger partial charge in [0, 0.05) is 12.5 Å². The lowest BCUT2D eigenvalue weighted by Crippen LogP contribution is -2.35. The summed E-state index contributed by atoms with van der Waals surface area (Å²) in [6.45, 7) is 4.35. The van der Waals surface area contributed by atoms with Crippen molar-refractivity contribution in [2.24, 2.45) is 11.8 Å². The fraction of sp³-hybridized carbons (Fsp3) is 0.556. The van der Waals surface area contributed by atoms with Crippen LogP contribution < -0.4 is 4.74 Å². The molecule has 0 bridgehead atoms. The van der Waals surface area contributed by atoms with Crippen LogP contribution in [-0.4, -0.2) is 38.9 Å². The average Bonchev–Trinajstić information content (AvgIpc) is 3.05. The Kier molecular flexibility index (Phi) is 6.61. The van der Waals surface area contributed by atoms with E-state index in [1.54, 1.807) is 21.0 Å². The number of esters is 2. The minimum absolute atomic E-state index is 0.218. The Morgan fingerprint density at radius 1 is 1.12 bits per heavy atom. The maximum atomic E-state index is 12.3. The van der Waals surface area contributed by atoms with E-state index in [1.807, 2.05) is 24.3 Å². The van der Waals surface area contributed by atoms with Crippen LogP contribution in [0.15, 0.2) is 24.3 Å². The summed E-state index contributed by atoms with van der Waals surface area (Å²) >= 11 is 0. The van der Waals surface area contributed by atoms with Gasteiger partial charge in [-0.1, -0.05) is 12.1 Å². The fourth-order valence-electron chi connectivity index (χ4n) is 2.99. The fourth-order valence-corrected chi connectivity index (χ4v) is 2.99. The summed E-state index contributed by atoms with van der Waals surface area (Å²) < 4.78 is 21.1. The lowest BCUT2D eigenvalue weighted by molar-refractivity contribution is -0.165. The van der Waals surface area contributed by atoms with E-state index in [9.17, 15) is 9.59 Å². The number of methoxy groups -OCH3 is 1. The Hall–Kier alpha value is -2.08. The minimum atomic E-state index is -0.973. The quantitative estimate of drug-likeness (QED) is 0.563. The van der Waals surface area contributed by atoms with E-state index < -0.39 is 17.9 Å². The SMILES string of the molecule is CCOC(=O)C(C(=O)OCC)[C@@H]1CCO[C@H]1c1ccc(OC)cc1. The van der Waals surface area contributed by atoms with Gasteiger partial charge in [-0.15, -0.1) is 0 Å². The smallest absolute Gasteiger partial charge is 0.320 e. The molecule has 6 nitrogen and oxygen atoms in total. The van der Waals surface area contributed by atoms with Crippen molar-refractivity contribution in [1.82, 2.24) is 0 Å². The molecule has 1 heterocycles. The van der Waals surface area contributed by atoms with Gasteiger partial charge >= 0.3 is 11.9 Å². The van der Waals surface area contributed by atoms with Crippen LogP contribution in [0.3, 0.4) is 0 Å². The normalized spacial score (nSPS) is 20.0. The van der Waals surface area contributed by atoms with Crippen molar-refractivity contribution in [2.45, 2.75) is 26.4 Å². The van der Waals surface area contributed by atoms with Gasteiger partial charge in [-0.05, 0) is 38.0 Å². The average molecular weight is 336 g/mol. The van der Waals surface area contributed by atoms with Crippen LogP contribution in [-0.2, 0) is 23.8 Å². The van der Waals surface area contributed by atoms with Gasteiger partial charge in [-0.25, -0.2) is 0 Å². The standard InChI is InChI=1S/C18H24O6/c1-4-22-17(19)15(18(20)23-5-2)14-10-11-24-16(14)12-6-8-13(21-3)9-7-12/h6-9,14-16H,4-5,10-11H2,1-3H3/t14-,16-/m0/s1. The number of benzene rings is 1. The molecular formula is C18H24O6. The highest BCUT2D eigenvalue weighted by Gasteiger charge is 2.45. The molecule has 132 valence electrons. The Balaban J connectivity index is 2.25. The summed E-state index contributed by atoms with van der Waals surface area (Å²) in [6, 6.07) is 7.43. The van der Waals surface area contributed by atoms with Gasteiger partial charge in [-0.2, -0.15) is 0 Å². The first-order chi connectivity index (χ1) is 11.6. The predicted molar refractivity (Wildman–Crippen MR) is 86.6 cm³/mol. The lowest BCUT2D eigenvalue weighted by Gasteiger charge is -2.25. The Morgan fingerprint density at radius 3 is 2.21 bits per heavy atom. The van der Waals surface area contributed by atoms with E-state index in [0.717, 1.165) is 11.3 Å². The van der Waals surface area contributed by atoms with Crippen molar-refractivity contribution in [2.75, 3.05) is 26.9 Å². The van der Waals surface area contributed by atoms with Gasteiger partial charge in [0.2, 0.25) is 0 Å². The predicted octanol–water partition coefficient (Wildman–Crippen LogP) is 2.52. The molecule has 1 saturated heterocycles. The second-order valence-electron chi connectivity index (χ2n) is 5.50. The number of hydrogen-bond donors (Lipinski definition) is 0. The van der Waals surface area contributed by atoms with Gasteiger partial charge in [0.25, 0.3) is 0 Å². The molecule has 2 atom stereocenters. The highest BCUT2D eigenvalue weighted by atomic mass is 16.6. The Bertz CT molecular complexity index is 535. The van der Waals surface area contributed by atoms with Crippen LogP contribution in [0, 0.1) is 11.8 Å². The third kappa shape index (κ3) is 4.06. The van der Waals surface area contributed by atoms with Gasteiger partial charge in [0.15, 0.2) is 5.92 Å². The summed E-state index contributed by atoms with van der Waals surface area (Å²) in [4.78, 5) is 24.7. The van der Waals surface area contributed by atoms with Gasteiger partial charge in [0.05, 0.1) is 26.4 Å². The minimum Gasteiger partial charge on any atom is -0.497 e. The Labute approximate surface area is 142 Å². The van der Waals surface area contributed by atoms with Crippen molar-refractivity contribution < 1.29 is 28.5 Å². The van der Waals surface area contributed by atoms with Crippen LogP contribution in [0.2, 0.25) is 0 Å². The lowest BCUT2D eigenvalue weighted by atomic mass is 9.83. The van der Waals surface area contributed by atoms with Gasteiger partial charge in [-0.3, -0.25) is 9.59 Å². The number of ether oxygens (including phenoxy) is 4. The van der Waals surface area contributed by atoms with Crippen molar-refractivity contribution in [1.29, 1.82) is 0 Å². The van der Waals surface area contributed by atoms with E-state index in [4.69, 9.17) is 18.9 Å². The number of carbonyl (C=O) groups excluding carboxylic acids is 2. The second kappa shape index (κ2) is 8.68. The largest absolute Gasteiger partial charge is 0.497 e. The summed E-state index contributed by atoms with van der Waals surface area (Å²) in [6.07, 6.45) is 0.244. The molecular weight excluding hydrogens is 312 g/mol. The summed E-state index contributed by atoms with van der Waals surface area (Å²) in [5.74, 6) is -1.65. The summed E-state index contributed by atoms with van der Waals surface area (Å²) in [5, 5.41) is 0. The molecule has 24 heavy (non-hydrogen) atoms. The van der Waals surface area contributed by atoms with E-state index in [-0.39, 0.29) is 25.2 Å². The summed E-state index contributed by atoms with van der Waals surface area (Å²) in [7, 11) is 1.60. The molecule has 1 aromatic carbocycles. The van der Waals surface area contributed by atoms with Crippen molar-refractivity contribution >= 4 is 11.9 Å². The zero-order valence-corrected chi connectivity index (χ0v) is 14.3. The Morgan fingerprint density at radius 2 is 1.71 bits per heavy atom. The maximum absolute atomic E-state index is 12.3. The number of hydrogen-bond acceptors (Lipinski definition) is 6. The zero-order valence-electron chi connectivity index (χ0n) is 14.3. The maximum Gasteiger partial charge on any atom is 0.320 e. The topological polar surface area (TPSA) is 71.1 Å². The first-order valence-corrected chi connectivity index (χ1v) is 8.21. The highest BCUT2D eigenvalue weighted by Crippen LogP contribution is 2.40. The van der Waals surface area contributed by atoms with Crippen molar-refractivity contribution in [3.8, 4) is 5.75 Å². The first kappa shape index (κ1) is 18.3. The van der Waals surface area contributed by atoms with Crippen LogP contribution >= 0.6 is 0 Å². The molecule has 2 rings (SSSR count). The molecule has 1 aliphatic heterocycles. The molecule has 0 unspecified atom stereocenters. The monoisotopic (exact) mass is 336 g/mol. The van der Waals surface area contributed by atoms with E-state index >= 15 is 0 Å². The number of carbonyl (C=O) groups is 2. The van der Waals surface area contributed by atoms with Crippen LogP contribution in [0.1, 0.15) is 31.9 Å². The summed E-state index contributed by atoms with van der Waals surface area (Å²) in [5.41, 5.74) is 0.900. The molecule has 0 aliphatic carbocycles. The molecule has 0 radical (unpaired) electrons. The molecule has 1 aromatic rings. The van der Waals surface area contributed by atoms with Gasteiger partial charge in [0.1, 0.15) is 5.75 Å². The molecule has 0 aromatic heterocycles. The van der Waals surface area contributed by atoms with E-state index in [0.29, 0.717) is 13.0 Å². The first-order valence-electron chi connectivity index (χ1n) is 8.21.